The Morgan fingerprint density at radius 3 is 3.12 bits per heavy atom. The Balaban J connectivity index is 1.49. The van der Waals surface area contributed by atoms with Crippen molar-refractivity contribution in [1.82, 2.24) is 24.3 Å². The van der Waals surface area contributed by atoms with Crippen molar-refractivity contribution >= 4 is 11.6 Å². The number of carbonyl (C=O) groups excluding carboxylic acids is 1. The molecule has 1 saturated heterocycles. The Labute approximate surface area is 151 Å². The molecular formula is C19H21N5O2. The van der Waals surface area contributed by atoms with Crippen LogP contribution in [0.15, 0.2) is 43.2 Å². The van der Waals surface area contributed by atoms with Crippen molar-refractivity contribution in [2.24, 2.45) is 5.92 Å². The summed E-state index contributed by atoms with van der Waals surface area (Å²) in [5.41, 5.74) is 3.41. The minimum atomic E-state index is 0.00900. The minimum absolute atomic E-state index is 0.00900. The fourth-order valence-electron chi connectivity index (χ4n) is 3.31. The summed E-state index contributed by atoms with van der Waals surface area (Å²) in [4.78, 5) is 27.6. The zero-order valence-electron chi connectivity index (χ0n) is 14.7. The van der Waals surface area contributed by atoms with Crippen LogP contribution in [0.25, 0.3) is 5.65 Å². The molecule has 0 spiro atoms. The second-order valence-corrected chi connectivity index (χ2v) is 6.72. The highest BCUT2D eigenvalue weighted by atomic mass is 16.5. The lowest BCUT2D eigenvalue weighted by Crippen LogP contribution is -2.36. The van der Waals surface area contributed by atoms with Crippen LogP contribution in [0.4, 0.5) is 0 Å². The molecule has 1 atom stereocenters. The van der Waals surface area contributed by atoms with Crippen LogP contribution in [0.2, 0.25) is 0 Å². The third-order valence-electron chi connectivity index (χ3n) is 4.58. The van der Waals surface area contributed by atoms with Gasteiger partial charge in [-0.3, -0.25) is 14.8 Å². The molecule has 1 aliphatic heterocycles. The van der Waals surface area contributed by atoms with Gasteiger partial charge in [-0.25, -0.2) is 4.98 Å². The lowest BCUT2D eigenvalue weighted by atomic mass is 10.0. The van der Waals surface area contributed by atoms with E-state index in [1.54, 1.807) is 24.8 Å². The molecule has 0 bridgehead atoms. The fraction of sp³-hybridized carbons (Fsp3) is 0.368. The van der Waals surface area contributed by atoms with Gasteiger partial charge in [-0.2, -0.15) is 0 Å². The van der Waals surface area contributed by atoms with Crippen molar-refractivity contribution in [1.29, 1.82) is 0 Å². The third kappa shape index (κ3) is 3.57. The van der Waals surface area contributed by atoms with Crippen LogP contribution < -0.4 is 0 Å². The summed E-state index contributed by atoms with van der Waals surface area (Å²) in [6, 6.07) is 1.88. The average Bonchev–Trinajstić information content (AvgIpc) is 2.99. The van der Waals surface area contributed by atoms with Gasteiger partial charge in [-0.05, 0) is 25.0 Å². The van der Waals surface area contributed by atoms with Crippen LogP contribution in [0.3, 0.4) is 0 Å². The minimum Gasteiger partial charge on any atom is -0.379 e. The smallest absolute Gasteiger partial charge is 0.255 e. The maximum absolute atomic E-state index is 12.8. The number of imidazole rings is 1. The standard InChI is InChI=1S/C19H21N5O2/c1-14-6-16(9-20-8-14)19(25)24-4-5-26-13-15(11-24)7-17-12-23-3-2-21-18(23)10-22-17/h2-3,6,8-10,12,15H,4-5,7,11,13H2,1H3/t15-/m0/s1. The van der Waals surface area contributed by atoms with E-state index in [1.807, 2.05) is 34.7 Å². The summed E-state index contributed by atoms with van der Waals surface area (Å²) >= 11 is 0. The molecule has 3 aromatic rings. The zero-order valence-corrected chi connectivity index (χ0v) is 14.7. The Bertz CT molecular complexity index is 923. The molecule has 0 aliphatic carbocycles. The van der Waals surface area contributed by atoms with Gasteiger partial charge < -0.3 is 14.0 Å². The first-order valence-electron chi connectivity index (χ1n) is 8.75. The molecular weight excluding hydrogens is 330 g/mol. The summed E-state index contributed by atoms with van der Waals surface area (Å²) < 4.78 is 7.69. The van der Waals surface area contributed by atoms with Crippen molar-refractivity contribution in [3.63, 3.8) is 0 Å². The number of ether oxygens (including phenoxy) is 1. The summed E-state index contributed by atoms with van der Waals surface area (Å²) in [5.74, 6) is 0.211. The number of fused-ring (bicyclic) bond motifs is 1. The molecule has 0 saturated carbocycles. The molecule has 1 amide bonds. The van der Waals surface area contributed by atoms with Crippen molar-refractivity contribution in [2.45, 2.75) is 13.3 Å². The predicted octanol–water partition coefficient (Wildman–Crippen LogP) is 1.76. The van der Waals surface area contributed by atoms with Gasteiger partial charge in [0.2, 0.25) is 0 Å². The topological polar surface area (TPSA) is 72.6 Å². The van der Waals surface area contributed by atoms with Gasteiger partial charge in [0.1, 0.15) is 0 Å². The largest absolute Gasteiger partial charge is 0.379 e. The molecule has 7 heteroatoms. The SMILES string of the molecule is Cc1cncc(C(=O)N2CCOC[C@@H](Cc3cn4ccnc4cn3)C2)c1. The highest BCUT2D eigenvalue weighted by Gasteiger charge is 2.24. The normalized spacial score (nSPS) is 18.0. The molecule has 0 aromatic carbocycles. The van der Waals surface area contributed by atoms with E-state index in [0.717, 1.165) is 23.3 Å². The first kappa shape index (κ1) is 16.7. The van der Waals surface area contributed by atoms with E-state index in [-0.39, 0.29) is 11.8 Å². The second kappa shape index (κ2) is 7.21. The zero-order chi connectivity index (χ0) is 17.9. The molecule has 7 nitrogen and oxygen atoms in total. The van der Waals surface area contributed by atoms with Crippen molar-refractivity contribution in [3.05, 3.63) is 60.1 Å². The summed E-state index contributed by atoms with van der Waals surface area (Å²) in [6.45, 7) is 4.36. The Morgan fingerprint density at radius 1 is 1.31 bits per heavy atom. The van der Waals surface area contributed by atoms with Gasteiger partial charge in [0.05, 0.1) is 30.7 Å². The van der Waals surface area contributed by atoms with Gasteiger partial charge in [-0.15, -0.1) is 0 Å². The maximum atomic E-state index is 12.8. The molecule has 26 heavy (non-hydrogen) atoms. The van der Waals surface area contributed by atoms with Gasteiger partial charge in [0, 0.05) is 50.0 Å². The number of pyridine rings is 1. The number of carbonyl (C=O) groups is 1. The van der Waals surface area contributed by atoms with Gasteiger partial charge in [0.25, 0.3) is 5.91 Å². The van der Waals surface area contributed by atoms with E-state index in [4.69, 9.17) is 4.74 Å². The number of rotatable bonds is 3. The Morgan fingerprint density at radius 2 is 2.23 bits per heavy atom. The van der Waals surface area contributed by atoms with Crippen LogP contribution in [-0.4, -0.2) is 56.5 Å². The number of nitrogens with zero attached hydrogens (tertiary/aromatic N) is 5. The van der Waals surface area contributed by atoms with Crippen LogP contribution >= 0.6 is 0 Å². The lowest BCUT2D eigenvalue weighted by molar-refractivity contribution is 0.0736. The number of amides is 1. The number of aryl methyl sites for hydroxylation is 1. The van der Waals surface area contributed by atoms with Gasteiger partial charge in [-0.1, -0.05) is 0 Å². The highest BCUT2D eigenvalue weighted by molar-refractivity contribution is 5.94. The monoisotopic (exact) mass is 351 g/mol. The molecule has 3 aromatic heterocycles. The van der Waals surface area contributed by atoms with Crippen molar-refractivity contribution in [3.8, 4) is 0 Å². The lowest BCUT2D eigenvalue weighted by Gasteiger charge is -2.23. The third-order valence-corrected chi connectivity index (χ3v) is 4.58. The molecule has 0 radical (unpaired) electrons. The fourth-order valence-corrected chi connectivity index (χ4v) is 3.31. The quantitative estimate of drug-likeness (QED) is 0.719. The summed E-state index contributed by atoms with van der Waals surface area (Å²) in [7, 11) is 0. The first-order chi connectivity index (χ1) is 12.7. The van der Waals surface area contributed by atoms with Crippen LogP contribution in [0.1, 0.15) is 21.6 Å². The molecule has 0 N–H and O–H groups in total. The molecule has 134 valence electrons. The predicted molar refractivity (Wildman–Crippen MR) is 95.9 cm³/mol. The highest BCUT2D eigenvalue weighted by Crippen LogP contribution is 2.16. The molecule has 0 unspecified atom stereocenters. The first-order valence-corrected chi connectivity index (χ1v) is 8.75. The van der Waals surface area contributed by atoms with E-state index < -0.39 is 0 Å². The molecule has 4 heterocycles. The van der Waals surface area contributed by atoms with Crippen LogP contribution in [0.5, 0.6) is 0 Å². The second-order valence-electron chi connectivity index (χ2n) is 6.72. The molecule has 4 rings (SSSR count). The van der Waals surface area contributed by atoms with Crippen molar-refractivity contribution < 1.29 is 9.53 Å². The Kier molecular flexibility index (Phi) is 4.62. The summed E-state index contributed by atoms with van der Waals surface area (Å²) in [5, 5.41) is 0. The molecule has 1 aliphatic rings. The van der Waals surface area contributed by atoms with Crippen molar-refractivity contribution in [2.75, 3.05) is 26.3 Å². The number of hydrogen-bond donors (Lipinski definition) is 0. The summed E-state index contributed by atoms with van der Waals surface area (Å²) in [6.07, 6.45) is 11.6. The van der Waals surface area contributed by atoms with Gasteiger partial charge >= 0.3 is 0 Å². The van der Waals surface area contributed by atoms with E-state index in [0.29, 0.717) is 31.9 Å². The molecule has 1 fully saturated rings. The van der Waals surface area contributed by atoms with E-state index in [9.17, 15) is 4.79 Å². The van der Waals surface area contributed by atoms with Crippen LogP contribution in [0, 0.1) is 12.8 Å². The van der Waals surface area contributed by atoms with E-state index in [2.05, 4.69) is 15.0 Å². The maximum Gasteiger partial charge on any atom is 0.255 e. The average molecular weight is 351 g/mol. The van der Waals surface area contributed by atoms with E-state index >= 15 is 0 Å². The van der Waals surface area contributed by atoms with Gasteiger partial charge in [0.15, 0.2) is 5.65 Å². The number of hydrogen-bond acceptors (Lipinski definition) is 5. The van der Waals surface area contributed by atoms with E-state index in [1.165, 1.54) is 0 Å². The number of aromatic nitrogens is 4. The Hall–Kier alpha value is -2.80. The van der Waals surface area contributed by atoms with Crippen LogP contribution in [-0.2, 0) is 11.2 Å².